The van der Waals surface area contributed by atoms with Gasteiger partial charge < -0.3 is 5.32 Å². The summed E-state index contributed by atoms with van der Waals surface area (Å²) in [6.07, 6.45) is 3.84. The van der Waals surface area contributed by atoms with Gasteiger partial charge in [-0.15, -0.1) is 0 Å². The van der Waals surface area contributed by atoms with E-state index >= 15 is 0 Å². The van der Waals surface area contributed by atoms with Crippen LogP contribution in [0.15, 0.2) is 48.5 Å². The number of amides is 1. The van der Waals surface area contributed by atoms with Gasteiger partial charge in [0, 0.05) is 30.1 Å². The molecule has 136 valence electrons. The fourth-order valence-corrected chi connectivity index (χ4v) is 5.50. The molecule has 1 aliphatic carbocycles. The van der Waals surface area contributed by atoms with E-state index < -0.39 is 0 Å². The fraction of sp³-hybridized carbons (Fsp3) is 0.364. The SMILES string of the molecule is O=C(N[C@H]1CN2CCC23CCC13)c1n[nH]c2ccc(-c3ccccc3)cc12. The summed E-state index contributed by atoms with van der Waals surface area (Å²) in [6.45, 7) is 2.18. The first kappa shape index (κ1) is 15.4. The fourth-order valence-electron chi connectivity index (χ4n) is 5.50. The lowest BCUT2D eigenvalue weighted by atomic mass is 9.61. The van der Waals surface area contributed by atoms with Gasteiger partial charge in [0.15, 0.2) is 5.69 Å². The van der Waals surface area contributed by atoms with Crippen molar-refractivity contribution >= 4 is 16.8 Å². The first-order chi connectivity index (χ1) is 13.2. The lowest BCUT2D eigenvalue weighted by Gasteiger charge is -2.58. The largest absolute Gasteiger partial charge is 0.346 e. The van der Waals surface area contributed by atoms with E-state index in [1.165, 1.54) is 25.8 Å². The second-order valence-electron chi connectivity index (χ2n) is 8.22. The Bertz CT molecular complexity index is 1040. The van der Waals surface area contributed by atoms with Gasteiger partial charge in [-0.2, -0.15) is 5.10 Å². The average Bonchev–Trinajstić information content (AvgIpc) is 3.13. The summed E-state index contributed by atoms with van der Waals surface area (Å²) in [5, 5.41) is 11.5. The van der Waals surface area contributed by atoms with Crippen molar-refractivity contribution in [2.24, 2.45) is 5.92 Å². The van der Waals surface area contributed by atoms with Crippen LogP contribution in [0.5, 0.6) is 0 Å². The van der Waals surface area contributed by atoms with Crippen LogP contribution in [0.4, 0.5) is 0 Å². The molecule has 2 aromatic carbocycles. The Labute approximate surface area is 157 Å². The van der Waals surface area contributed by atoms with Crippen molar-refractivity contribution in [2.45, 2.75) is 30.8 Å². The number of fused-ring (bicyclic) bond motifs is 1. The lowest BCUT2D eigenvalue weighted by Crippen LogP contribution is -2.64. The van der Waals surface area contributed by atoms with Crippen LogP contribution in [0, 0.1) is 5.92 Å². The molecule has 5 nitrogen and oxygen atoms in total. The molecule has 3 aromatic rings. The third-order valence-corrected chi connectivity index (χ3v) is 7.13. The summed E-state index contributed by atoms with van der Waals surface area (Å²) in [4.78, 5) is 15.6. The molecule has 2 unspecified atom stereocenters. The van der Waals surface area contributed by atoms with Gasteiger partial charge in [-0.3, -0.25) is 14.8 Å². The van der Waals surface area contributed by atoms with E-state index in [0.717, 1.165) is 28.6 Å². The third-order valence-electron chi connectivity index (χ3n) is 7.13. The van der Waals surface area contributed by atoms with Crippen LogP contribution in [0.2, 0.25) is 0 Å². The Morgan fingerprint density at radius 1 is 1.15 bits per heavy atom. The van der Waals surface area contributed by atoms with Crippen LogP contribution in [0.3, 0.4) is 0 Å². The quantitative estimate of drug-likeness (QED) is 0.756. The van der Waals surface area contributed by atoms with Crippen molar-refractivity contribution in [3.8, 4) is 11.1 Å². The molecule has 2 aliphatic heterocycles. The van der Waals surface area contributed by atoms with Gasteiger partial charge in [0.2, 0.25) is 0 Å². The monoisotopic (exact) mass is 358 g/mol. The van der Waals surface area contributed by atoms with Gasteiger partial charge in [-0.25, -0.2) is 0 Å². The van der Waals surface area contributed by atoms with E-state index in [1.54, 1.807) is 0 Å². The van der Waals surface area contributed by atoms with Crippen LogP contribution < -0.4 is 5.32 Å². The van der Waals surface area contributed by atoms with Gasteiger partial charge >= 0.3 is 0 Å². The minimum absolute atomic E-state index is 0.0546. The van der Waals surface area contributed by atoms with Crippen molar-refractivity contribution in [3.63, 3.8) is 0 Å². The maximum Gasteiger partial charge on any atom is 0.272 e. The normalized spacial score (nSPS) is 28.9. The number of carbonyl (C=O) groups excluding carboxylic acids is 1. The molecule has 5 heteroatoms. The maximum absolute atomic E-state index is 13.0. The number of nitrogens with one attached hydrogen (secondary N) is 2. The second-order valence-corrected chi connectivity index (χ2v) is 8.22. The van der Waals surface area contributed by atoms with E-state index in [0.29, 0.717) is 17.2 Å². The second kappa shape index (κ2) is 5.42. The standard InChI is InChI=1S/C22H22N4O/c27-21(23-19-13-26-11-10-22(26)9-8-17(19)22)20-16-12-15(6-7-18(16)24-25-20)14-4-2-1-3-5-14/h1-7,12,17,19H,8-11,13H2,(H,23,27)(H,24,25)/t17?,19-,22?/m0/s1. The summed E-state index contributed by atoms with van der Waals surface area (Å²) in [6, 6.07) is 16.6. The highest BCUT2D eigenvalue weighted by Gasteiger charge is 2.63. The minimum atomic E-state index is -0.0546. The Kier molecular flexibility index (Phi) is 3.09. The zero-order chi connectivity index (χ0) is 18.0. The number of hydrogen-bond acceptors (Lipinski definition) is 3. The minimum Gasteiger partial charge on any atom is -0.346 e. The molecule has 3 heterocycles. The summed E-state index contributed by atoms with van der Waals surface area (Å²) in [5.41, 5.74) is 4.07. The highest BCUT2D eigenvalue weighted by molar-refractivity contribution is 6.05. The predicted molar refractivity (Wildman–Crippen MR) is 104 cm³/mol. The maximum atomic E-state index is 13.0. The number of carbonyl (C=O) groups is 1. The zero-order valence-corrected chi connectivity index (χ0v) is 15.1. The number of aromatic nitrogens is 2. The van der Waals surface area contributed by atoms with Crippen LogP contribution in [0.25, 0.3) is 22.0 Å². The van der Waals surface area contributed by atoms with E-state index in [4.69, 9.17) is 0 Å². The van der Waals surface area contributed by atoms with Crippen molar-refractivity contribution in [3.05, 3.63) is 54.2 Å². The van der Waals surface area contributed by atoms with Gasteiger partial charge in [0.1, 0.15) is 0 Å². The third kappa shape index (κ3) is 2.09. The van der Waals surface area contributed by atoms with Gasteiger partial charge in [-0.1, -0.05) is 36.4 Å². The van der Waals surface area contributed by atoms with Crippen molar-refractivity contribution in [1.29, 1.82) is 0 Å². The summed E-state index contributed by atoms with van der Waals surface area (Å²) in [7, 11) is 0. The molecule has 0 radical (unpaired) electrons. The first-order valence-corrected chi connectivity index (χ1v) is 9.84. The summed E-state index contributed by atoms with van der Waals surface area (Å²) in [5.74, 6) is 0.571. The zero-order valence-electron chi connectivity index (χ0n) is 15.1. The van der Waals surface area contributed by atoms with E-state index in [-0.39, 0.29) is 11.9 Å². The van der Waals surface area contributed by atoms with Crippen molar-refractivity contribution in [1.82, 2.24) is 20.4 Å². The van der Waals surface area contributed by atoms with Gasteiger partial charge in [0.05, 0.1) is 5.52 Å². The Morgan fingerprint density at radius 2 is 2.04 bits per heavy atom. The van der Waals surface area contributed by atoms with E-state index in [9.17, 15) is 4.79 Å². The number of benzene rings is 2. The Morgan fingerprint density at radius 3 is 2.74 bits per heavy atom. The number of nitrogens with zero attached hydrogens (tertiary/aromatic N) is 2. The molecule has 3 aliphatic rings. The van der Waals surface area contributed by atoms with E-state index in [2.05, 4.69) is 44.7 Å². The molecular formula is C22H22N4O. The van der Waals surface area contributed by atoms with E-state index in [1.807, 2.05) is 24.3 Å². The molecule has 6 rings (SSSR count). The first-order valence-electron chi connectivity index (χ1n) is 9.84. The molecule has 1 amide bonds. The van der Waals surface area contributed by atoms with Crippen LogP contribution in [0.1, 0.15) is 29.8 Å². The van der Waals surface area contributed by atoms with Crippen LogP contribution in [-0.2, 0) is 0 Å². The van der Waals surface area contributed by atoms with Crippen molar-refractivity contribution in [2.75, 3.05) is 13.1 Å². The highest BCUT2D eigenvalue weighted by Crippen LogP contribution is 2.57. The Balaban J connectivity index is 1.30. The molecular weight excluding hydrogens is 336 g/mol. The predicted octanol–water partition coefficient (Wildman–Crippen LogP) is 3.20. The summed E-state index contributed by atoms with van der Waals surface area (Å²) < 4.78 is 0. The molecule has 1 aromatic heterocycles. The molecule has 27 heavy (non-hydrogen) atoms. The summed E-state index contributed by atoms with van der Waals surface area (Å²) >= 11 is 0. The molecule has 2 N–H and O–H groups in total. The molecule has 0 bridgehead atoms. The molecule has 2 saturated heterocycles. The average molecular weight is 358 g/mol. The van der Waals surface area contributed by atoms with Gasteiger partial charge in [-0.05, 0) is 48.4 Å². The number of aromatic amines is 1. The smallest absolute Gasteiger partial charge is 0.272 e. The Hall–Kier alpha value is -2.66. The molecule has 1 spiro atoms. The number of H-pyrrole nitrogens is 1. The van der Waals surface area contributed by atoms with Gasteiger partial charge in [0.25, 0.3) is 5.91 Å². The molecule has 3 fully saturated rings. The van der Waals surface area contributed by atoms with Crippen molar-refractivity contribution < 1.29 is 4.79 Å². The number of hydrogen-bond donors (Lipinski definition) is 2. The van der Waals surface area contributed by atoms with Crippen LogP contribution in [-0.4, -0.2) is 45.7 Å². The highest BCUT2D eigenvalue weighted by atomic mass is 16.2. The topological polar surface area (TPSA) is 61.0 Å². The molecule has 3 atom stereocenters. The molecule has 1 saturated carbocycles. The number of rotatable bonds is 3. The van der Waals surface area contributed by atoms with Crippen LogP contribution >= 0.6 is 0 Å². The lowest BCUT2D eigenvalue weighted by molar-refractivity contribution is -0.0676.